The second-order valence-corrected chi connectivity index (χ2v) is 7.11. The molecule has 9 heteroatoms. The van der Waals surface area contributed by atoms with E-state index in [0.29, 0.717) is 0 Å². The second kappa shape index (κ2) is 5.92. The van der Waals surface area contributed by atoms with Crippen LogP contribution in [-0.4, -0.2) is 26.6 Å². The minimum atomic E-state index is -3.91. The van der Waals surface area contributed by atoms with Crippen molar-refractivity contribution in [3.63, 3.8) is 0 Å². The first-order valence-electron chi connectivity index (χ1n) is 5.52. The van der Waals surface area contributed by atoms with Gasteiger partial charge in [0.25, 0.3) is 10.0 Å². The lowest BCUT2D eigenvalue weighted by Crippen LogP contribution is -2.12. The summed E-state index contributed by atoms with van der Waals surface area (Å²) in [5.41, 5.74) is 0.0914. The third-order valence-corrected chi connectivity index (χ3v) is 5.61. The molecule has 2 rings (SSSR count). The Bertz CT molecular complexity index is 785. The van der Waals surface area contributed by atoms with Gasteiger partial charge in [-0.3, -0.25) is 4.72 Å². The number of carboxylic acids is 1. The summed E-state index contributed by atoms with van der Waals surface area (Å²) in [5.74, 6) is -0.995. The van der Waals surface area contributed by atoms with Crippen LogP contribution in [0, 0.1) is 0 Å². The first-order chi connectivity index (χ1) is 9.85. The number of hydrogen-bond acceptors (Lipinski definition) is 5. The zero-order chi connectivity index (χ0) is 15.6. The third-order valence-electron chi connectivity index (χ3n) is 2.50. The van der Waals surface area contributed by atoms with Crippen molar-refractivity contribution in [2.24, 2.45) is 0 Å². The number of para-hydroxylation sites is 1. The van der Waals surface area contributed by atoms with E-state index >= 15 is 0 Å². The minimum Gasteiger partial charge on any atom is -0.493 e. The molecule has 2 N–H and O–H groups in total. The number of rotatable bonds is 5. The molecule has 0 saturated heterocycles. The Balaban J connectivity index is 2.37. The summed E-state index contributed by atoms with van der Waals surface area (Å²) in [4.78, 5) is 10.8. The fourth-order valence-corrected chi connectivity index (χ4v) is 4.03. The zero-order valence-electron chi connectivity index (χ0n) is 10.7. The molecule has 6 nitrogen and oxygen atoms in total. The first-order valence-corrected chi connectivity index (χ1v) is 8.26. The van der Waals surface area contributed by atoms with Crippen LogP contribution in [0.15, 0.2) is 33.9 Å². The predicted octanol–water partition coefficient (Wildman–Crippen LogP) is 2.91. The number of anilines is 1. The molecule has 0 amide bonds. The molecule has 0 spiro atoms. The number of halogens is 1. The zero-order valence-corrected chi connectivity index (χ0v) is 13.1. The van der Waals surface area contributed by atoms with E-state index in [1.807, 2.05) is 0 Å². The van der Waals surface area contributed by atoms with Gasteiger partial charge in [-0.2, -0.15) is 0 Å². The van der Waals surface area contributed by atoms with Crippen LogP contribution in [0.25, 0.3) is 0 Å². The maximum atomic E-state index is 12.2. The van der Waals surface area contributed by atoms with E-state index < -0.39 is 16.0 Å². The summed E-state index contributed by atoms with van der Waals surface area (Å²) in [6.45, 7) is 0. The number of aromatic carboxylic acids is 1. The minimum absolute atomic E-state index is 0.0848. The molecule has 21 heavy (non-hydrogen) atoms. The van der Waals surface area contributed by atoms with E-state index in [1.54, 1.807) is 12.1 Å². The van der Waals surface area contributed by atoms with E-state index in [4.69, 9.17) is 21.4 Å². The van der Waals surface area contributed by atoms with Crippen LogP contribution in [0.4, 0.5) is 5.69 Å². The largest absolute Gasteiger partial charge is 0.493 e. The molecule has 0 unspecified atom stereocenters. The van der Waals surface area contributed by atoms with E-state index in [-0.39, 0.29) is 26.2 Å². The maximum Gasteiger partial charge on any atom is 0.336 e. The molecular formula is C12H10ClNO5S2. The lowest BCUT2D eigenvalue weighted by atomic mass is 10.3. The van der Waals surface area contributed by atoms with Crippen LogP contribution in [-0.2, 0) is 10.0 Å². The van der Waals surface area contributed by atoms with Crippen LogP contribution < -0.4 is 9.46 Å². The predicted molar refractivity (Wildman–Crippen MR) is 80.1 cm³/mol. The lowest BCUT2D eigenvalue weighted by Gasteiger charge is -2.11. The number of carboxylic acid groups (broad SMARTS) is 1. The van der Waals surface area contributed by atoms with E-state index in [0.717, 1.165) is 17.4 Å². The third kappa shape index (κ3) is 3.29. The molecular weight excluding hydrogens is 338 g/mol. The first kappa shape index (κ1) is 15.6. The molecule has 0 aliphatic rings. The number of hydrogen-bond donors (Lipinski definition) is 2. The molecule has 0 bridgehead atoms. The maximum absolute atomic E-state index is 12.2. The molecule has 0 fully saturated rings. The highest BCUT2D eigenvalue weighted by Gasteiger charge is 2.21. The van der Waals surface area contributed by atoms with Gasteiger partial charge in [0.2, 0.25) is 0 Å². The van der Waals surface area contributed by atoms with E-state index in [9.17, 15) is 13.2 Å². The van der Waals surface area contributed by atoms with Crippen LogP contribution >= 0.6 is 22.9 Å². The molecule has 1 aromatic heterocycles. The Morgan fingerprint density at radius 1 is 1.43 bits per heavy atom. The number of thiophene rings is 1. The summed E-state index contributed by atoms with van der Waals surface area (Å²) in [6, 6.07) is 5.71. The molecule has 0 aliphatic carbocycles. The molecule has 2 aromatic rings. The van der Waals surface area contributed by atoms with Gasteiger partial charge in [-0.1, -0.05) is 17.7 Å². The van der Waals surface area contributed by atoms with Crippen LogP contribution in [0.3, 0.4) is 0 Å². The normalized spacial score (nSPS) is 11.1. The molecule has 112 valence electrons. The van der Waals surface area contributed by atoms with Crippen molar-refractivity contribution < 1.29 is 23.1 Å². The van der Waals surface area contributed by atoms with Gasteiger partial charge >= 0.3 is 5.97 Å². The number of nitrogens with one attached hydrogen (secondary N) is 1. The Kier molecular flexibility index (Phi) is 4.40. The highest BCUT2D eigenvalue weighted by Crippen LogP contribution is 2.34. The highest BCUT2D eigenvalue weighted by molar-refractivity contribution is 7.94. The summed E-state index contributed by atoms with van der Waals surface area (Å²) < 4.78 is 31.7. The van der Waals surface area contributed by atoms with Crippen molar-refractivity contribution in [3.8, 4) is 5.75 Å². The quantitative estimate of drug-likeness (QED) is 0.867. The Hall–Kier alpha value is -1.77. The van der Waals surface area contributed by atoms with Crippen molar-refractivity contribution in [3.05, 3.63) is 40.2 Å². The number of benzene rings is 1. The topological polar surface area (TPSA) is 92.7 Å². The van der Waals surface area contributed by atoms with Gasteiger partial charge in [-0.25, -0.2) is 13.2 Å². The monoisotopic (exact) mass is 347 g/mol. The molecule has 0 atom stereocenters. The lowest BCUT2D eigenvalue weighted by molar-refractivity contribution is 0.0697. The summed E-state index contributed by atoms with van der Waals surface area (Å²) in [6.07, 6.45) is 0. The number of carbonyl (C=O) groups is 1. The summed E-state index contributed by atoms with van der Waals surface area (Å²) >= 11 is 6.73. The number of sulfonamides is 1. The Labute approximate surface area is 130 Å². The van der Waals surface area contributed by atoms with Gasteiger partial charge in [0, 0.05) is 5.38 Å². The average molecular weight is 348 g/mol. The second-order valence-electron chi connectivity index (χ2n) is 3.89. The summed E-state index contributed by atoms with van der Waals surface area (Å²) in [7, 11) is -2.54. The van der Waals surface area contributed by atoms with Gasteiger partial charge in [-0.05, 0) is 18.2 Å². The van der Waals surface area contributed by atoms with Gasteiger partial charge in [0.05, 0.1) is 23.4 Å². The standard InChI is InChI=1S/C12H10ClNO5S2/c1-19-11-8(13)3-2-4-9(11)14-21(17,18)10-5-7(6-20-10)12(15)16/h2-6,14H,1H3,(H,15,16). The smallest absolute Gasteiger partial charge is 0.336 e. The molecule has 1 aromatic carbocycles. The van der Waals surface area contributed by atoms with Gasteiger partial charge in [-0.15, -0.1) is 11.3 Å². The van der Waals surface area contributed by atoms with Crippen LogP contribution in [0.1, 0.15) is 10.4 Å². The van der Waals surface area contributed by atoms with E-state index in [2.05, 4.69) is 4.72 Å². The fraction of sp³-hybridized carbons (Fsp3) is 0.0833. The molecule has 0 aliphatic heterocycles. The van der Waals surface area contributed by atoms with Crippen molar-refractivity contribution in [1.82, 2.24) is 0 Å². The van der Waals surface area contributed by atoms with Crippen molar-refractivity contribution in [2.75, 3.05) is 11.8 Å². The van der Waals surface area contributed by atoms with E-state index in [1.165, 1.54) is 18.6 Å². The Morgan fingerprint density at radius 3 is 2.71 bits per heavy atom. The summed E-state index contributed by atoms with van der Waals surface area (Å²) in [5, 5.41) is 10.3. The SMILES string of the molecule is COc1c(Cl)cccc1NS(=O)(=O)c1cc(C(=O)O)cs1. The van der Waals surface area contributed by atoms with Gasteiger partial charge in [0.1, 0.15) is 4.21 Å². The average Bonchev–Trinajstić information content (AvgIpc) is 2.89. The van der Waals surface area contributed by atoms with Gasteiger partial charge < -0.3 is 9.84 Å². The van der Waals surface area contributed by atoms with Crippen LogP contribution in [0.5, 0.6) is 5.75 Å². The molecule has 1 heterocycles. The highest BCUT2D eigenvalue weighted by atomic mass is 35.5. The van der Waals surface area contributed by atoms with Crippen molar-refractivity contribution in [2.45, 2.75) is 4.21 Å². The fourth-order valence-electron chi connectivity index (χ4n) is 1.56. The molecule has 0 radical (unpaired) electrons. The van der Waals surface area contributed by atoms with Crippen molar-refractivity contribution >= 4 is 44.6 Å². The molecule has 0 saturated carbocycles. The number of methoxy groups -OCH3 is 1. The Morgan fingerprint density at radius 2 is 2.14 bits per heavy atom. The van der Waals surface area contributed by atoms with Crippen molar-refractivity contribution in [1.29, 1.82) is 0 Å². The van der Waals surface area contributed by atoms with Crippen LogP contribution in [0.2, 0.25) is 5.02 Å². The number of ether oxygens (including phenoxy) is 1. The van der Waals surface area contributed by atoms with Gasteiger partial charge in [0.15, 0.2) is 5.75 Å².